The van der Waals surface area contributed by atoms with Gasteiger partial charge in [0, 0.05) is 11.1 Å². The van der Waals surface area contributed by atoms with E-state index in [9.17, 15) is 4.79 Å². The van der Waals surface area contributed by atoms with Crippen molar-refractivity contribution in [2.24, 2.45) is 5.10 Å². The summed E-state index contributed by atoms with van der Waals surface area (Å²) in [4.78, 5) is 18.9. The van der Waals surface area contributed by atoms with Crippen molar-refractivity contribution in [1.82, 2.24) is 9.66 Å². The maximum Gasteiger partial charge on any atom is 0.282 e. The molecule has 0 aliphatic heterocycles. The largest absolute Gasteiger partial charge is 0.496 e. The number of hydrogen-bond acceptors (Lipinski definition) is 6. The third-order valence-corrected chi connectivity index (χ3v) is 7.99. The zero-order valence-electron chi connectivity index (χ0n) is 26.1. The molecule has 0 spiro atoms. The highest BCUT2D eigenvalue weighted by Crippen LogP contribution is 2.35. The summed E-state index contributed by atoms with van der Waals surface area (Å²) < 4.78 is 19.1. The number of fused-ring (bicyclic) bond motifs is 2. The van der Waals surface area contributed by atoms with E-state index >= 15 is 0 Å². The molecule has 0 aliphatic carbocycles. The molecule has 0 saturated heterocycles. The van der Waals surface area contributed by atoms with Crippen LogP contribution in [0.25, 0.3) is 33.1 Å². The van der Waals surface area contributed by atoms with Gasteiger partial charge in [0.15, 0.2) is 17.3 Å². The fourth-order valence-corrected chi connectivity index (χ4v) is 5.61. The fourth-order valence-electron chi connectivity index (χ4n) is 5.61. The average Bonchev–Trinajstić information content (AvgIpc) is 3.06. The summed E-state index contributed by atoms with van der Waals surface area (Å²) in [6.45, 7) is 6.53. The first kappa shape index (κ1) is 29.6. The average molecular weight is 598 g/mol. The van der Waals surface area contributed by atoms with Gasteiger partial charge in [0.1, 0.15) is 12.4 Å². The summed E-state index contributed by atoms with van der Waals surface area (Å²) in [5.74, 6) is 2.53. The van der Waals surface area contributed by atoms with E-state index in [1.807, 2.05) is 73.7 Å². The lowest BCUT2D eigenvalue weighted by Gasteiger charge is -2.17. The van der Waals surface area contributed by atoms with E-state index in [1.165, 1.54) is 4.68 Å². The minimum absolute atomic E-state index is 0.196. The molecule has 0 amide bonds. The molecular formula is C38H35N3O4. The van der Waals surface area contributed by atoms with Gasteiger partial charge in [-0.1, -0.05) is 74.5 Å². The second kappa shape index (κ2) is 12.7. The smallest absolute Gasteiger partial charge is 0.282 e. The van der Waals surface area contributed by atoms with Gasteiger partial charge >= 0.3 is 0 Å². The van der Waals surface area contributed by atoms with Gasteiger partial charge in [-0.15, -0.1) is 0 Å². The van der Waals surface area contributed by atoms with Crippen LogP contribution in [0.4, 0.5) is 0 Å². The number of nitrogens with zero attached hydrogens (tertiary/aromatic N) is 3. The van der Waals surface area contributed by atoms with Gasteiger partial charge in [-0.05, 0) is 76.7 Å². The first-order valence-corrected chi connectivity index (χ1v) is 14.9. The topological polar surface area (TPSA) is 74.9 Å². The molecule has 0 radical (unpaired) electrons. The Morgan fingerprint density at radius 3 is 2.33 bits per heavy atom. The SMILES string of the molecule is COc1cc(C)c(-c2nc3ccccc3c(=O)n2N=Cc2cccc(OC)c2OCc2cccc3ccccc23)cc1C(C)C. The van der Waals surface area contributed by atoms with Gasteiger partial charge in [0.05, 0.1) is 31.3 Å². The minimum Gasteiger partial charge on any atom is -0.496 e. The molecule has 0 saturated carbocycles. The Bertz CT molecular complexity index is 2110. The second-order valence-electron chi connectivity index (χ2n) is 11.2. The Morgan fingerprint density at radius 1 is 0.844 bits per heavy atom. The van der Waals surface area contributed by atoms with Crippen molar-refractivity contribution in [3.8, 4) is 28.6 Å². The Hall–Kier alpha value is -5.43. The highest BCUT2D eigenvalue weighted by Gasteiger charge is 2.19. The Balaban J connectivity index is 1.47. The van der Waals surface area contributed by atoms with Gasteiger partial charge in [-0.3, -0.25) is 4.79 Å². The van der Waals surface area contributed by atoms with Crippen LogP contribution >= 0.6 is 0 Å². The van der Waals surface area contributed by atoms with Crippen LogP contribution in [0.2, 0.25) is 0 Å². The van der Waals surface area contributed by atoms with Crippen molar-refractivity contribution in [1.29, 1.82) is 0 Å². The lowest BCUT2D eigenvalue weighted by molar-refractivity contribution is 0.285. The molecule has 0 unspecified atom stereocenters. The first-order valence-electron chi connectivity index (χ1n) is 14.9. The molecule has 45 heavy (non-hydrogen) atoms. The Morgan fingerprint density at radius 2 is 1.56 bits per heavy atom. The number of ether oxygens (including phenoxy) is 3. The van der Waals surface area contributed by atoms with Crippen LogP contribution < -0.4 is 19.8 Å². The van der Waals surface area contributed by atoms with Gasteiger partial charge in [0.2, 0.25) is 0 Å². The Kier molecular flexibility index (Phi) is 8.34. The number of benzene rings is 5. The summed E-state index contributed by atoms with van der Waals surface area (Å²) in [7, 11) is 3.28. The van der Waals surface area contributed by atoms with E-state index in [2.05, 4.69) is 38.1 Å². The van der Waals surface area contributed by atoms with Crippen molar-refractivity contribution in [3.05, 3.63) is 130 Å². The van der Waals surface area contributed by atoms with Crippen molar-refractivity contribution < 1.29 is 14.2 Å². The molecule has 7 nitrogen and oxygen atoms in total. The molecule has 0 fully saturated rings. The highest BCUT2D eigenvalue weighted by atomic mass is 16.5. The summed E-state index contributed by atoms with van der Waals surface area (Å²) in [5.41, 5.74) is 4.79. The minimum atomic E-state index is -0.269. The highest BCUT2D eigenvalue weighted by molar-refractivity contribution is 5.87. The number of para-hydroxylation sites is 2. The summed E-state index contributed by atoms with van der Waals surface area (Å²) in [6, 6.07) is 31.3. The molecular weight excluding hydrogens is 562 g/mol. The third kappa shape index (κ3) is 5.77. The maximum atomic E-state index is 14.0. The zero-order valence-corrected chi connectivity index (χ0v) is 26.1. The third-order valence-electron chi connectivity index (χ3n) is 7.99. The number of rotatable bonds is 9. The van der Waals surface area contributed by atoms with Crippen LogP contribution in [-0.2, 0) is 6.61 Å². The lowest BCUT2D eigenvalue weighted by Crippen LogP contribution is -2.21. The van der Waals surface area contributed by atoms with E-state index < -0.39 is 0 Å². The van der Waals surface area contributed by atoms with Gasteiger partial charge in [-0.25, -0.2) is 4.98 Å². The predicted molar refractivity (Wildman–Crippen MR) is 181 cm³/mol. The van der Waals surface area contributed by atoms with Crippen molar-refractivity contribution >= 4 is 27.9 Å². The summed E-state index contributed by atoms with van der Waals surface area (Å²) in [5, 5.41) is 7.50. The lowest BCUT2D eigenvalue weighted by atomic mass is 9.96. The van der Waals surface area contributed by atoms with E-state index in [-0.39, 0.29) is 11.5 Å². The Labute approximate surface area is 262 Å². The predicted octanol–water partition coefficient (Wildman–Crippen LogP) is 8.13. The molecule has 0 aliphatic rings. The molecule has 7 heteroatoms. The number of aromatic nitrogens is 2. The molecule has 6 rings (SSSR count). The normalized spacial score (nSPS) is 11.5. The molecule has 1 heterocycles. The molecule has 6 aromatic rings. The number of methoxy groups -OCH3 is 2. The summed E-state index contributed by atoms with van der Waals surface area (Å²) in [6.07, 6.45) is 1.63. The zero-order chi connectivity index (χ0) is 31.5. The van der Waals surface area contributed by atoms with Crippen LogP contribution in [-0.4, -0.2) is 30.1 Å². The quantitative estimate of drug-likeness (QED) is 0.157. The van der Waals surface area contributed by atoms with E-state index in [4.69, 9.17) is 24.3 Å². The molecule has 1 aromatic heterocycles. The first-order chi connectivity index (χ1) is 21.9. The van der Waals surface area contributed by atoms with Gasteiger partial charge < -0.3 is 14.2 Å². The molecule has 0 atom stereocenters. The molecule has 0 bridgehead atoms. The van der Waals surface area contributed by atoms with Crippen LogP contribution in [0, 0.1) is 6.92 Å². The number of hydrogen-bond donors (Lipinski definition) is 0. The molecule has 0 N–H and O–H groups in total. The summed E-state index contributed by atoms with van der Waals surface area (Å²) >= 11 is 0. The van der Waals surface area contributed by atoms with E-state index in [0.717, 1.165) is 38.8 Å². The maximum absolute atomic E-state index is 14.0. The van der Waals surface area contributed by atoms with E-state index in [1.54, 1.807) is 26.5 Å². The van der Waals surface area contributed by atoms with Crippen LogP contribution in [0.3, 0.4) is 0 Å². The van der Waals surface area contributed by atoms with E-state index in [0.29, 0.717) is 40.4 Å². The van der Waals surface area contributed by atoms with Crippen molar-refractivity contribution in [2.45, 2.75) is 33.3 Å². The second-order valence-corrected chi connectivity index (χ2v) is 11.2. The van der Waals surface area contributed by atoms with Gasteiger partial charge in [0.25, 0.3) is 5.56 Å². The monoisotopic (exact) mass is 597 g/mol. The van der Waals surface area contributed by atoms with Crippen molar-refractivity contribution in [2.75, 3.05) is 14.2 Å². The standard InChI is InChI=1S/C38H35N3O4/c1-24(2)31-21-32(25(3)20-35(31)44-5)37-40-33-18-9-8-17-30(33)38(42)41(37)39-22-27-14-11-19-34(43-4)36(27)45-23-28-15-10-13-26-12-6-7-16-29(26)28/h6-22,24H,23H2,1-5H3. The van der Waals surface area contributed by atoms with Crippen LogP contribution in [0.15, 0.2) is 107 Å². The molecule has 5 aromatic carbocycles. The van der Waals surface area contributed by atoms with Crippen molar-refractivity contribution in [3.63, 3.8) is 0 Å². The number of aryl methyl sites for hydroxylation is 1. The van der Waals surface area contributed by atoms with Crippen LogP contribution in [0.1, 0.15) is 42.0 Å². The van der Waals surface area contributed by atoms with Gasteiger partial charge in [-0.2, -0.15) is 9.78 Å². The van der Waals surface area contributed by atoms with Crippen LogP contribution in [0.5, 0.6) is 17.2 Å². The molecule has 226 valence electrons. The fraction of sp³-hybridized carbons (Fsp3) is 0.184.